The van der Waals surface area contributed by atoms with Crippen LogP contribution in [0.25, 0.3) is 0 Å². The molecule has 0 spiro atoms. The first-order valence-electron chi connectivity index (χ1n) is 3.96. The fourth-order valence-electron chi connectivity index (χ4n) is 0.985. The molecule has 1 amide bonds. The van der Waals surface area contributed by atoms with Crippen molar-refractivity contribution < 1.29 is 18.3 Å². The third-order valence-electron chi connectivity index (χ3n) is 1.65. The number of ether oxygens (including phenoxy) is 1. The lowest BCUT2D eigenvalue weighted by atomic mass is 10.3. The molecule has 82 valence electrons. The van der Waals surface area contributed by atoms with E-state index in [1.807, 2.05) is 0 Å². The van der Waals surface area contributed by atoms with Crippen LogP contribution < -0.4 is 5.32 Å². The summed E-state index contributed by atoms with van der Waals surface area (Å²) in [5, 5.41) is 2.18. The topological polar surface area (TPSA) is 38.3 Å². The summed E-state index contributed by atoms with van der Waals surface area (Å²) in [6.45, 7) is 0. The van der Waals surface area contributed by atoms with E-state index in [2.05, 4.69) is 10.1 Å². The average molecular weight is 233 g/mol. The van der Waals surface area contributed by atoms with E-state index in [0.717, 1.165) is 24.9 Å². The standard InChI is InChI=1S/C9H9F2NO2S/c1-14-9(13)12-8-6(11)3-5(10)4-7(8)15-2/h3-4H,1-2H3,(H,12,13). The van der Waals surface area contributed by atoms with Crippen LogP contribution in [0, 0.1) is 11.6 Å². The zero-order chi connectivity index (χ0) is 11.4. The second-order valence-corrected chi connectivity index (χ2v) is 3.43. The van der Waals surface area contributed by atoms with Gasteiger partial charge in [-0.05, 0) is 12.3 Å². The van der Waals surface area contributed by atoms with E-state index in [4.69, 9.17) is 0 Å². The number of hydrogen-bond acceptors (Lipinski definition) is 3. The van der Waals surface area contributed by atoms with Gasteiger partial charge in [0.1, 0.15) is 5.82 Å². The van der Waals surface area contributed by atoms with Crippen molar-refractivity contribution in [1.82, 2.24) is 0 Å². The van der Waals surface area contributed by atoms with Crippen LogP contribution in [0.1, 0.15) is 0 Å². The smallest absolute Gasteiger partial charge is 0.411 e. The maximum atomic E-state index is 13.3. The minimum Gasteiger partial charge on any atom is -0.453 e. The first-order chi connectivity index (χ1) is 7.08. The number of anilines is 1. The molecular weight excluding hydrogens is 224 g/mol. The Kier molecular flexibility index (Phi) is 3.90. The van der Waals surface area contributed by atoms with Gasteiger partial charge in [0.25, 0.3) is 0 Å². The summed E-state index contributed by atoms with van der Waals surface area (Å²) in [5.74, 6) is -1.52. The van der Waals surface area contributed by atoms with E-state index in [1.165, 1.54) is 0 Å². The largest absolute Gasteiger partial charge is 0.453 e. The molecule has 0 radical (unpaired) electrons. The Morgan fingerprint density at radius 2 is 2.13 bits per heavy atom. The molecule has 0 heterocycles. The SMILES string of the molecule is COC(=O)Nc1c(F)cc(F)cc1SC. The summed E-state index contributed by atoms with van der Waals surface area (Å²) < 4.78 is 30.4. The first kappa shape index (κ1) is 11.8. The second-order valence-electron chi connectivity index (χ2n) is 2.58. The molecule has 0 aliphatic rings. The van der Waals surface area contributed by atoms with Crippen molar-refractivity contribution in [3.05, 3.63) is 23.8 Å². The van der Waals surface area contributed by atoms with E-state index in [9.17, 15) is 13.6 Å². The zero-order valence-corrected chi connectivity index (χ0v) is 8.95. The molecule has 3 nitrogen and oxygen atoms in total. The van der Waals surface area contributed by atoms with Crippen LogP contribution in [0.3, 0.4) is 0 Å². The number of amides is 1. The molecular formula is C9H9F2NO2S. The summed E-state index contributed by atoms with van der Waals surface area (Å²) in [6.07, 6.45) is 0.854. The molecule has 1 N–H and O–H groups in total. The van der Waals surface area contributed by atoms with Gasteiger partial charge in [0.05, 0.1) is 12.8 Å². The van der Waals surface area contributed by atoms with Crippen LogP contribution in [-0.2, 0) is 4.74 Å². The van der Waals surface area contributed by atoms with Gasteiger partial charge in [-0.15, -0.1) is 11.8 Å². The van der Waals surface area contributed by atoms with Crippen LogP contribution in [-0.4, -0.2) is 19.5 Å². The fraction of sp³-hybridized carbons (Fsp3) is 0.222. The van der Waals surface area contributed by atoms with Crippen molar-refractivity contribution in [2.45, 2.75) is 4.90 Å². The lowest BCUT2D eigenvalue weighted by molar-refractivity contribution is 0.186. The molecule has 0 saturated heterocycles. The van der Waals surface area contributed by atoms with E-state index >= 15 is 0 Å². The Morgan fingerprint density at radius 3 is 2.67 bits per heavy atom. The highest BCUT2D eigenvalue weighted by Crippen LogP contribution is 2.29. The molecule has 1 rings (SSSR count). The lowest BCUT2D eigenvalue weighted by Gasteiger charge is -2.09. The number of rotatable bonds is 2. The minimum absolute atomic E-state index is 0.0734. The molecule has 1 aromatic carbocycles. The highest BCUT2D eigenvalue weighted by atomic mass is 32.2. The number of carbonyl (C=O) groups is 1. The maximum Gasteiger partial charge on any atom is 0.411 e. The summed E-state index contributed by atoms with van der Waals surface area (Å²) in [4.78, 5) is 11.2. The average Bonchev–Trinajstić information content (AvgIpc) is 2.21. The first-order valence-corrected chi connectivity index (χ1v) is 5.19. The van der Waals surface area contributed by atoms with Gasteiger partial charge in [-0.25, -0.2) is 13.6 Å². The maximum absolute atomic E-state index is 13.3. The summed E-state index contributed by atoms with van der Waals surface area (Å²) in [6, 6.07) is 1.84. The van der Waals surface area contributed by atoms with Crippen LogP contribution in [0.4, 0.5) is 19.3 Å². The third kappa shape index (κ3) is 2.82. The molecule has 1 aromatic rings. The predicted molar refractivity (Wildman–Crippen MR) is 54.2 cm³/mol. The van der Waals surface area contributed by atoms with Gasteiger partial charge in [0.2, 0.25) is 0 Å². The van der Waals surface area contributed by atoms with Gasteiger partial charge < -0.3 is 4.74 Å². The van der Waals surface area contributed by atoms with Crippen LogP contribution in [0.15, 0.2) is 17.0 Å². The van der Waals surface area contributed by atoms with Gasteiger partial charge in [0, 0.05) is 11.0 Å². The molecule has 0 aliphatic heterocycles. The molecule has 0 fully saturated rings. The highest BCUT2D eigenvalue weighted by Gasteiger charge is 2.13. The number of hydrogen-bond donors (Lipinski definition) is 1. The lowest BCUT2D eigenvalue weighted by Crippen LogP contribution is -2.13. The Morgan fingerprint density at radius 1 is 1.47 bits per heavy atom. The molecule has 0 bridgehead atoms. The van der Waals surface area contributed by atoms with Crippen LogP contribution in [0.5, 0.6) is 0 Å². The number of carbonyl (C=O) groups excluding carboxylic acids is 1. The zero-order valence-electron chi connectivity index (χ0n) is 8.14. The highest BCUT2D eigenvalue weighted by molar-refractivity contribution is 7.98. The van der Waals surface area contributed by atoms with Crippen molar-refractivity contribution in [3.8, 4) is 0 Å². The fourth-order valence-corrected chi connectivity index (χ4v) is 1.57. The van der Waals surface area contributed by atoms with Crippen molar-refractivity contribution in [2.24, 2.45) is 0 Å². The van der Waals surface area contributed by atoms with Gasteiger partial charge in [0.15, 0.2) is 5.82 Å². The second kappa shape index (κ2) is 4.97. The summed E-state index contributed by atoms with van der Waals surface area (Å²) >= 11 is 1.13. The molecule has 0 unspecified atom stereocenters. The van der Waals surface area contributed by atoms with E-state index in [-0.39, 0.29) is 5.69 Å². The van der Waals surface area contributed by atoms with Gasteiger partial charge in [-0.1, -0.05) is 0 Å². The summed E-state index contributed by atoms with van der Waals surface area (Å²) in [5.41, 5.74) is -0.0734. The van der Waals surface area contributed by atoms with Crippen LogP contribution >= 0.6 is 11.8 Å². The van der Waals surface area contributed by atoms with E-state index < -0.39 is 17.7 Å². The van der Waals surface area contributed by atoms with Crippen molar-refractivity contribution in [2.75, 3.05) is 18.7 Å². The van der Waals surface area contributed by atoms with Gasteiger partial charge in [-0.2, -0.15) is 0 Å². The number of halogens is 2. The predicted octanol–water partition coefficient (Wildman–Crippen LogP) is 2.87. The third-order valence-corrected chi connectivity index (χ3v) is 2.41. The van der Waals surface area contributed by atoms with Crippen molar-refractivity contribution in [1.29, 1.82) is 0 Å². The normalized spacial score (nSPS) is 9.87. The number of thioether (sulfide) groups is 1. The van der Waals surface area contributed by atoms with E-state index in [0.29, 0.717) is 11.0 Å². The molecule has 0 atom stereocenters. The Balaban J connectivity index is 3.09. The quantitative estimate of drug-likeness (QED) is 0.798. The molecule has 15 heavy (non-hydrogen) atoms. The summed E-state index contributed by atoms with van der Waals surface area (Å²) in [7, 11) is 1.16. The monoisotopic (exact) mass is 233 g/mol. The molecule has 0 saturated carbocycles. The molecule has 0 aromatic heterocycles. The molecule has 6 heteroatoms. The van der Waals surface area contributed by atoms with Crippen LogP contribution in [0.2, 0.25) is 0 Å². The molecule has 0 aliphatic carbocycles. The number of methoxy groups -OCH3 is 1. The Hall–Kier alpha value is -1.30. The van der Waals surface area contributed by atoms with Gasteiger partial charge >= 0.3 is 6.09 Å². The minimum atomic E-state index is -0.829. The van der Waals surface area contributed by atoms with Crippen molar-refractivity contribution in [3.63, 3.8) is 0 Å². The van der Waals surface area contributed by atoms with Crippen molar-refractivity contribution >= 4 is 23.5 Å². The Bertz CT molecular complexity index is 385. The number of benzene rings is 1. The Labute approximate surface area is 89.8 Å². The number of nitrogens with one attached hydrogen (secondary N) is 1. The van der Waals surface area contributed by atoms with E-state index in [1.54, 1.807) is 6.26 Å². The van der Waals surface area contributed by atoms with Gasteiger partial charge in [-0.3, -0.25) is 5.32 Å².